The number of carbonyl (C=O) groups excluding carboxylic acids is 2. The molecule has 0 spiro atoms. The average Bonchev–Trinajstić information content (AvgIpc) is 3.09. The fraction of sp³-hybridized carbons (Fsp3) is 0.214. The molecule has 0 unspecified atom stereocenters. The predicted octanol–water partition coefficient (Wildman–Crippen LogP) is 4.73. The van der Waals surface area contributed by atoms with Crippen molar-refractivity contribution in [2.45, 2.75) is 13.0 Å². The summed E-state index contributed by atoms with van der Waals surface area (Å²) >= 11 is 6.46. The highest BCUT2D eigenvalue weighted by molar-refractivity contribution is 6.52. The standard InChI is InChI=1S/C28H26ClN3O2/c1-20-10-8-9-15-23(20)32-27(33)24(29)26(28(32)34)31-18-16-30(17-19-31)25(21-11-4-2-5-12-21)22-13-6-3-7-14-22/h2-15,25H,16-19H2,1H3. The minimum absolute atomic E-state index is 0.00405. The summed E-state index contributed by atoms with van der Waals surface area (Å²) in [5.41, 5.74) is 4.21. The lowest BCUT2D eigenvalue weighted by Crippen LogP contribution is -2.48. The molecular weight excluding hydrogens is 446 g/mol. The maximum Gasteiger partial charge on any atom is 0.283 e. The number of rotatable bonds is 5. The summed E-state index contributed by atoms with van der Waals surface area (Å²) in [6.45, 7) is 4.60. The molecule has 0 N–H and O–H groups in total. The number of anilines is 1. The van der Waals surface area contributed by atoms with Crippen LogP contribution in [0.2, 0.25) is 0 Å². The van der Waals surface area contributed by atoms with E-state index in [-0.39, 0.29) is 17.0 Å². The van der Waals surface area contributed by atoms with E-state index >= 15 is 0 Å². The number of para-hydroxylation sites is 1. The van der Waals surface area contributed by atoms with Gasteiger partial charge in [-0.05, 0) is 29.7 Å². The summed E-state index contributed by atoms with van der Waals surface area (Å²) in [4.78, 5) is 31.9. The summed E-state index contributed by atoms with van der Waals surface area (Å²) in [5, 5.41) is 0.00405. The van der Waals surface area contributed by atoms with Crippen molar-refractivity contribution in [3.63, 3.8) is 0 Å². The second-order valence-electron chi connectivity index (χ2n) is 8.64. The first-order chi connectivity index (χ1) is 16.6. The molecule has 2 heterocycles. The van der Waals surface area contributed by atoms with Crippen LogP contribution in [-0.2, 0) is 9.59 Å². The van der Waals surface area contributed by atoms with Crippen LogP contribution in [0.4, 0.5) is 5.69 Å². The van der Waals surface area contributed by atoms with E-state index in [0.717, 1.165) is 18.7 Å². The SMILES string of the molecule is Cc1ccccc1N1C(=O)C(Cl)=C(N2CCN(C(c3ccccc3)c3ccccc3)CC2)C1=O. The number of halogens is 1. The van der Waals surface area contributed by atoms with Gasteiger partial charge in [-0.3, -0.25) is 14.5 Å². The van der Waals surface area contributed by atoms with Crippen LogP contribution in [0.25, 0.3) is 0 Å². The van der Waals surface area contributed by atoms with Gasteiger partial charge in [0.15, 0.2) is 0 Å². The third-order valence-corrected chi connectivity index (χ3v) is 6.93. The van der Waals surface area contributed by atoms with Crippen LogP contribution in [-0.4, -0.2) is 47.8 Å². The topological polar surface area (TPSA) is 43.9 Å². The third-order valence-electron chi connectivity index (χ3n) is 6.59. The number of hydrogen-bond donors (Lipinski definition) is 0. The molecule has 2 aliphatic rings. The van der Waals surface area contributed by atoms with E-state index in [1.165, 1.54) is 16.0 Å². The summed E-state index contributed by atoms with van der Waals surface area (Å²) in [5.74, 6) is -0.801. The van der Waals surface area contributed by atoms with E-state index in [9.17, 15) is 9.59 Å². The predicted molar refractivity (Wildman–Crippen MR) is 134 cm³/mol. The lowest BCUT2D eigenvalue weighted by molar-refractivity contribution is -0.121. The van der Waals surface area contributed by atoms with E-state index in [2.05, 4.69) is 53.4 Å². The molecule has 5 rings (SSSR count). The number of amides is 2. The number of hydrogen-bond acceptors (Lipinski definition) is 4. The Balaban J connectivity index is 1.37. The van der Waals surface area contributed by atoms with Gasteiger partial charge in [0, 0.05) is 26.2 Å². The first-order valence-corrected chi connectivity index (χ1v) is 11.9. The zero-order valence-electron chi connectivity index (χ0n) is 19.0. The number of carbonyl (C=O) groups is 2. The normalized spacial score (nSPS) is 17.3. The maximum atomic E-state index is 13.3. The number of imide groups is 1. The van der Waals surface area contributed by atoms with E-state index in [1.54, 1.807) is 6.07 Å². The van der Waals surface area contributed by atoms with E-state index in [4.69, 9.17) is 11.6 Å². The van der Waals surface area contributed by atoms with Gasteiger partial charge in [-0.15, -0.1) is 0 Å². The molecule has 6 heteroatoms. The molecule has 1 saturated heterocycles. The minimum Gasteiger partial charge on any atom is -0.363 e. The van der Waals surface area contributed by atoms with Gasteiger partial charge in [0.25, 0.3) is 11.8 Å². The molecule has 1 fully saturated rings. The smallest absolute Gasteiger partial charge is 0.283 e. The molecule has 3 aromatic carbocycles. The van der Waals surface area contributed by atoms with Crippen molar-refractivity contribution in [2.75, 3.05) is 31.1 Å². The first kappa shape index (κ1) is 22.4. The molecular formula is C28H26ClN3O2. The van der Waals surface area contributed by atoms with Crippen molar-refractivity contribution in [1.29, 1.82) is 0 Å². The van der Waals surface area contributed by atoms with Crippen LogP contribution in [0, 0.1) is 6.92 Å². The van der Waals surface area contributed by atoms with Crippen molar-refractivity contribution >= 4 is 29.1 Å². The zero-order valence-corrected chi connectivity index (χ0v) is 19.8. The zero-order chi connectivity index (χ0) is 23.7. The van der Waals surface area contributed by atoms with Crippen molar-refractivity contribution in [3.05, 3.63) is 112 Å². The largest absolute Gasteiger partial charge is 0.363 e. The number of nitrogens with zero attached hydrogens (tertiary/aromatic N) is 3. The van der Waals surface area contributed by atoms with Crippen molar-refractivity contribution in [2.24, 2.45) is 0 Å². The monoisotopic (exact) mass is 471 g/mol. The van der Waals surface area contributed by atoms with Crippen molar-refractivity contribution < 1.29 is 9.59 Å². The van der Waals surface area contributed by atoms with Crippen LogP contribution < -0.4 is 4.90 Å². The quantitative estimate of drug-likeness (QED) is 0.505. The molecule has 0 aliphatic carbocycles. The molecule has 0 bridgehead atoms. The van der Waals surface area contributed by atoms with Gasteiger partial charge < -0.3 is 4.90 Å². The Labute approximate surface area is 204 Å². The summed E-state index contributed by atoms with van der Waals surface area (Å²) in [7, 11) is 0. The Morgan fingerprint density at radius 2 is 1.24 bits per heavy atom. The minimum atomic E-state index is -0.454. The Kier molecular flexibility index (Phi) is 6.22. The van der Waals surface area contributed by atoms with E-state index in [1.807, 2.05) is 42.2 Å². The lowest BCUT2D eigenvalue weighted by Gasteiger charge is -2.40. The Hall–Kier alpha value is -3.41. The van der Waals surface area contributed by atoms with Crippen LogP contribution in [0.5, 0.6) is 0 Å². The van der Waals surface area contributed by atoms with Gasteiger partial charge in [0.1, 0.15) is 10.7 Å². The lowest BCUT2D eigenvalue weighted by atomic mass is 9.96. The Morgan fingerprint density at radius 1 is 0.706 bits per heavy atom. The second-order valence-corrected chi connectivity index (χ2v) is 9.02. The molecule has 3 aromatic rings. The van der Waals surface area contributed by atoms with Crippen molar-refractivity contribution in [3.8, 4) is 0 Å². The van der Waals surface area contributed by atoms with E-state index < -0.39 is 5.91 Å². The van der Waals surface area contributed by atoms with Gasteiger partial charge >= 0.3 is 0 Å². The number of benzene rings is 3. The van der Waals surface area contributed by atoms with Gasteiger partial charge in [0.2, 0.25) is 0 Å². The molecule has 34 heavy (non-hydrogen) atoms. The van der Waals surface area contributed by atoms with Gasteiger partial charge in [0.05, 0.1) is 11.7 Å². The molecule has 2 aliphatic heterocycles. The van der Waals surface area contributed by atoms with E-state index in [0.29, 0.717) is 24.5 Å². The molecule has 2 amide bonds. The summed E-state index contributed by atoms with van der Waals surface area (Å²) < 4.78 is 0. The Bertz CT molecular complexity index is 1200. The van der Waals surface area contributed by atoms with Crippen LogP contribution >= 0.6 is 11.6 Å². The highest BCUT2D eigenvalue weighted by atomic mass is 35.5. The summed E-state index contributed by atoms with van der Waals surface area (Å²) in [6, 6.07) is 28.4. The van der Waals surface area contributed by atoms with Crippen LogP contribution in [0.15, 0.2) is 95.7 Å². The fourth-order valence-corrected chi connectivity index (χ4v) is 5.17. The molecule has 0 atom stereocenters. The van der Waals surface area contributed by atoms with Crippen LogP contribution in [0.1, 0.15) is 22.7 Å². The molecule has 0 radical (unpaired) electrons. The van der Waals surface area contributed by atoms with Crippen LogP contribution in [0.3, 0.4) is 0 Å². The average molecular weight is 472 g/mol. The number of aryl methyl sites for hydroxylation is 1. The van der Waals surface area contributed by atoms with Crippen molar-refractivity contribution in [1.82, 2.24) is 9.80 Å². The molecule has 172 valence electrons. The molecule has 5 nitrogen and oxygen atoms in total. The fourth-order valence-electron chi connectivity index (χ4n) is 4.89. The number of piperazine rings is 1. The summed E-state index contributed by atoms with van der Waals surface area (Å²) in [6.07, 6.45) is 0. The first-order valence-electron chi connectivity index (χ1n) is 11.5. The molecule has 0 saturated carbocycles. The highest BCUT2D eigenvalue weighted by Crippen LogP contribution is 2.35. The Morgan fingerprint density at radius 3 is 1.79 bits per heavy atom. The van der Waals surface area contributed by atoms with Gasteiger partial charge in [-0.25, -0.2) is 4.90 Å². The molecule has 0 aromatic heterocycles. The second kappa shape index (κ2) is 9.45. The van der Waals surface area contributed by atoms with Gasteiger partial charge in [-0.2, -0.15) is 0 Å². The third kappa shape index (κ3) is 4.02. The van der Waals surface area contributed by atoms with Gasteiger partial charge in [-0.1, -0.05) is 90.5 Å². The highest BCUT2D eigenvalue weighted by Gasteiger charge is 2.42. The maximum absolute atomic E-state index is 13.3.